The van der Waals surface area contributed by atoms with Crippen molar-refractivity contribution in [2.24, 2.45) is 5.92 Å². The zero-order valence-corrected chi connectivity index (χ0v) is 14.5. The van der Waals surface area contributed by atoms with E-state index in [2.05, 4.69) is 0 Å². The molecule has 0 aliphatic carbocycles. The fourth-order valence-corrected chi connectivity index (χ4v) is 3.59. The summed E-state index contributed by atoms with van der Waals surface area (Å²) in [4.78, 5) is 40.2. The van der Waals surface area contributed by atoms with E-state index in [0.717, 1.165) is 5.56 Å². The summed E-state index contributed by atoms with van der Waals surface area (Å²) in [6.07, 6.45) is 1.58. The largest absolute Gasteiger partial charge is 0.466 e. The molecule has 2 saturated heterocycles. The van der Waals surface area contributed by atoms with Gasteiger partial charge in [-0.15, -0.1) is 0 Å². The summed E-state index contributed by atoms with van der Waals surface area (Å²) in [7, 11) is 0. The molecule has 1 atom stereocenters. The van der Waals surface area contributed by atoms with Crippen molar-refractivity contribution < 1.29 is 19.1 Å². The molecule has 0 aromatic heterocycles. The van der Waals surface area contributed by atoms with Crippen molar-refractivity contribution in [1.82, 2.24) is 9.80 Å². The minimum absolute atomic E-state index is 0.0937. The maximum absolute atomic E-state index is 12.7. The molecule has 0 spiro atoms. The molecule has 1 aromatic rings. The SMILES string of the molecule is CCOC(=O)C1CCN(C2CC(=O)N(Cc3ccccc3)C2=O)CC1. The van der Waals surface area contributed by atoms with Crippen molar-refractivity contribution >= 4 is 17.8 Å². The summed E-state index contributed by atoms with van der Waals surface area (Å²) in [5, 5.41) is 0. The number of rotatable bonds is 5. The average Bonchev–Trinajstić information content (AvgIpc) is 2.91. The number of hydrogen-bond donors (Lipinski definition) is 0. The highest BCUT2D eigenvalue weighted by atomic mass is 16.5. The third-order valence-electron chi connectivity index (χ3n) is 4.99. The van der Waals surface area contributed by atoms with Crippen molar-refractivity contribution in [3.8, 4) is 0 Å². The van der Waals surface area contributed by atoms with E-state index in [1.807, 2.05) is 35.2 Å². The first-order valence-corrected chi connectivity index (χ1v) is 8.89. The summed E-state index contributed by atoms with van der Waals surface area (Å²) in [5.41, 5.74) is 0.950. The first-order chi connectivity index (χ1) is 12.1. The van der Waals surface area contributed by atoms with Gasteiger partial charge in [-0.05, 0) is 38.4 Å². The molecule has 0 saturated carbocycles. The van der Waals surface area contributed by atoms with Crippen LogP contribution in [0.4, 0.5) is 0 Å². The van der Waals surface area contributed by atoms with Gasteiger partial charge in [0.05, 0.1) is 31.5 Å². The predicted octanol–water partition coefficient (Wildman–Crippen LogP) is 1.59. The predicted molar refractivity (Wildman–Crippen MR) is 91.3 cm³/mol. The molecular formula is C19H24N2O4. The quantitative estimate of drug-likeness (QED) is 0.599. The lowest BCUT2D eigenvalue weighted by Gasteiger charge is -2.33. The molecule has 25 heavy (non-hydrogen) atoms. The monoisotopic (exact) mass is 344 g/mol. The van der Waals surface area contributed by atoms with Gasteiger partial charge in [0.2, 0.25) is 11.8 Å². The number of benzene rings is 1. The number of nitrogens with zero attached hydrogens (tertiary/aromatic N) is 2. The lowest BCUT2D eigenvalue weighted by atomic mass is 9.95. The number of hydrogen-bond acceptors (Lipinski definition) is 5. The topological polar surface area (TPSA) is 66.9 Å². The summed E-state index contributed by atoms with van der Waals surface area (Å²) in [6, 6.07) is 9.15. The third kappa shape index (κ3) is 3.90. The zero-order chi connectivity index (χ0) is 17.8. The van der Waals surface area contributed by atoms with E-state index in [9.17, 15) is 14.4 Å². The molecule has 3 rings (SSSR count). The molecule has 6 nitrogen and oxygen atoms in total. The molecule has 134 valence electrons. The van der Waals surface area contributed by atoms with E-state index in [0.29, 0.717) is 39.1 Å². The van der Waals surface area contributed by atoms with Crippen LogP contribution in [0.5, 0.6) is 0 Å². The molecule has 2 amide bonds. The molecule has 6 heteroatoms. The maximum Gasteiger partial charge on any atom is 0.309 e. The second kappa shape index (κ2) is 7.78. The standard InChI is InChI=1S/C19H24N2O4/c1-2-25-19(24)15-8-10-20(11-9-15)16-12-17(22)21(18(16)23)13-14-6-4-3-5-7-14/h3-7,15-16H,2,8-13H2,1H3. The van der Waals surface area contributed by atoms with Crippen LogP contribution in [0.1, 0.15) is 31.7 Å². The highest BCUT2D eigenvalue weighted by Crippen LogP contribution is 2.26. The van der Waals surface area contributed by atoms with Crippen LogP contribution in [0, 0.1) is 5.92 Å². The molecule has 2 fully saturated rings. The number of ether oxygens (including phenoxy) is 1. The lowest BCUT2D eigenvalue weighted by Crippen LogP contribution is -2.46. The molecule has 2 aliphatic heterocycles. The smallest absolute Gasteiger partial charge is 0.309 e. The van der Waals surface area contributed by atoms with Gasteiger partial charge < -0.3 is 4.74 Å². The Balaban J connectivity index is 1.58. The van der Waals surface area contributed by atoms with Gasteiger partial charge in [-0.3, -0.25) is 24.2 Å². The third-order valence-corrected chi connectivity index (χ3v) is 4.99. The van der Waals surface area contributed by atoms with Gasteiger partial charge in [-0.1, -0.05) is 30.3 Å². The van der Waals surface area contributed by atoms with Gasteiger partial charge in [-0.25, -0.2) is 0 Å². The lowest BCUT2D eigenvalue weighted by molar-refractivity contribution is -0.150. The van der Waals surface area contributed by atoms with Crippen molar-refractivity contribution in [2.45, 2.75) is 38.8 Å². The normalized spacial score (nSPS) is 22.4. The first-order valence-electron chi connectivity index (χ1n) is 8.89. The van der Waals surface area contributed by atoms with Crippen molar-refractivity contribution in [3.05, 3.63) is 35.9 Å². The Kier molecular flexibility index (Phi) is 5.48. The van der Waals surface area contributed by atoms with Crippen LogP contribution >= 0.6 is 0 Å². The van der Waals surface area contributed by atoms with E-state index in [1.54, 1.807) is 6.92 Å². The van der Waals surface area contributed by atoms with Gasteiger partial charge in [0.1, 0.15) is 0 Å². The summed E-state index contributed by atoms with van der Waals surface area (Å²) in [6.45, 7) is 3.81. The molecule has 0 N–H and O–H groups in total. The van der Waals surface area contributed by atoms with E-state index in [1.165, 1.54) is 4.90 Å². The summed E-state index contributed by atoms with van der Waals surface area (Å²) >= 11 is 0. The van der Waals surface area contributed by atoms with Crippen LogP contribution < -0.4 is 0 Å². The number of carbonyl (C=O) groups excluding carboxylic acids is 3. The number of carbonyl (C=O) groups is 3. The highest BCUT2D eigenvalue weighted by molar-refractivity contribution is 6.05. The van der Waals surface area contributed by atoms with E-state index in [4.69, 9.17) is 4.74 Å². The Bertz CT molecular complexity index is 638. The Labute approximate surface area is 147 Å². The number of imide groups is 1. The van der Waals surface area contributed by atoms with Crippen LogP contribution in [0.2, 0.25) is 0 Å². The van der Waals surface area contributed by atoms with Gasteiger partial charge in [-0.2, -0.15) is 0 Å². The van der Waals surface area contributed by atoms with Gasteiger partial charge in [0.25, 0.3) is 0 Å². The minimum atomic E-state index is -0.389. The fraction of sp³-hybridized carbons (Fsp3) is 0.526. The number of piperidine rings is 1. The molecule has 2 aliphatic rings. The van der Waals surface area contributed by atoms with Crippen LogP contribution in [0.15, 0.2) is 30.3 Å². The van der Waals surface area contributed by atoms with Crippen LogP contribution in [0.25, 0.3) is 0 Å². The number of esters is 1. The van der Waals surface area contributed by atoms with Crippen molar-refractivity contribution in [1.29, 1.82) is 0 Å². The van der Waals surface area contributed by atoms with Crippen molar-refractivity contribution in [3.63, 3.8) is 0 Å². The average molecular weight is 344 g/mol. The van der Waals surface area contributed by atoms with E-state index >= 15 is 0 Å². The molecule has 2 heterocycles. The van der Waals surface area contributed by atoms with Gasteiger partial charge in [0, 0.05) is 0 Å². The summed E-state index contributed by atoms with van der Waals surface area (Å²) in [5.74, 6) is -0.486. The Morgan fingerprint density at radius 2 is 1.84 bits per heavy atom. The van der Waals surface area contributed by atoms with Gasteiger partial charge in [0.15, 0.2) is 0 Å². The number of amides is 2. The van der Waals surface area contributed by atoms with Crippen LogP contribution in [0.3, 0.4) is 0 Å². The Morgan fingerprint density at radius 1 is 1.16 bits per heavy atom. The molecular weight excluding hydrogens is 320 g/mol. The maximum atomic E-state index is 12.7. The second-order valence-corrected chi connectivity index (χ2v) is 6.59. The summed E-state index contributed by atoms with van der Waals surface area (Å²) < 4.78 is 5.08. The molecule has 1 aromatic carbocycles. The first kappa shape index (κ1) is 17.6. The van der Waals surface area contributed by atoms with Crippen LogP contribution in [-0.4, -0.2) is 53.3 Å². The van der Waals surface area contributed by atoms with Crippen molar-refractivity contribution in [2.75, 3.05) is 19.7 Å². The van der Waals surface area contributed by atoms with E-state index < -0.39 is 0 Å². The van der Waals surface area contributed by atoms with Gasteiger partial charge >= 0.3 is 5.97 Å². The fourth-order valence-electron chi connectivity index (χ4n) is 3.59. The van der Waals surface area contributed by atoms with E-state index in [-0.39, 0.29) is 36.2 Å². The Morgan fingerprint density at radius 3 is 2.48 bits per heavy atom. The number of likely N-dealkylation sites (tertiary alicyclic amines) is 2. The molecule has 0 radical (unpaired) electrons. The molecule has 0 bridgehead atoms. The minimum Gasteiger partial charge on any atom is -0.466 e. The zero-order valence-electron chi connectivity index (χ0n) is 14.5. The second-order valence-electron chi connectivity index (χ2n) is 6.59. The molecule has 1 unspecified atom stereocenters. The Hall–Kier alpha value is -2.21. The highest BCUT2D eigenvalue weighted by Gasteiger charge is 2.43. The van der Waals surface area contributed by atoms with Crippen LogP contribution in [-0.2, 0) is 25.7 Å².